The molecule has 0 radical (unpaired) electrons. The van der Waals surface area contributed by atoms with E-state index in [1.165, 1.54) is 5.57 Å². The van der Waals surface area contributed by atoms with E-state index in [-0.39, 0.29) is 17.8 Å². The molecule has 4 aliphatic carbocycles. The first-order valence-corrected chi connectivity index (χ1v) is 22.2. The number of alkyl halides is 2. The van der Waals surface area contributed by atoms with Crippen LogP contribution in [0.5, 0.6) is 5.75 Å². The summed E-state index contributed by atoms with van der Waals surface area (Å²) in [6, 6.07) is 6.48. The zero-order valence-corrected chi connectivity index (χ0v) is 35.5. The van der Waals surface area contributed by atoms with Gasteiger partial charge in [-0.15, -0.1) is 23.2 Å². The van der Waals surface area contributed by atoms with E-state index in [9.17, 15) is 0 Å². The second-order valence-corrected chi connectivity index (χ2v) is 15.6. The molecule has 0 saturated heterocycles. The molecule has 10 bridgehead atoms. The van der Waals surface area contributed by atoms with Crippen LogP contribution in [0.15, 0.2) is 88.7 Å². The average Bonchev–Trinajstić information content (AvgIpc) is 3.23. The monoisotopic (exact) mass is 844 g/mol. The maximum atomic E-state index is 6.80. The van der Waals surface area contributed by atoms with Crippen molar-refractivity contribution in [1.82, 2.24) is 0 Å². The lowest BCUT2D eigenvalue weighted by Crippen LogP contribution is -2.24. The fraction of sp³-hybridized carbons (Fsp3) is 0.609. The van der Waals surface area contributed by atoms with Crippen LogP contribution >= 0.6 is 23.2 Å². The number of ether oxygens (including phenoxy) is 10. The van der Waals surface area contributed by atoms with Crippen molar-refractivity contribution in [2.24, 2.45) is 17.8 Å². The van der Waals surface area contributed by atoms with E-state index in [1.54, 1.807) is 0 Å². The van der Waals surface area contributed by atoms with Gasteiger partial charge in [0.15, 0.2) is 0 Å². The van der Waals surface area contributed by atoms with Gasteiger partial charge in [0.1, 0.15) is 49.5 Å². The third-order valence-corrected chi connectivity index (χ3v) is 11.1. The maximum Gasteiger partial charge on any atom is 0.126 e. The van der Waals surface area contributed by atoms with Gasteiger partial charge in [-0.1, -0.05) is 54.7 Å². The molecular formula is C46H62Cl2O10. The molecule has 12 heteroatoms. The molecule has 0 spiro atoms. The van der Waals surface area contributed by atoms with Crippen LogP contribution < -0.4 is 4.74 Å². The van der Waals surface area contributed by atoms with E-state index >= 15 is 0 Å². The van der Waals surface area contributed by atoms with Gasteiger partial charge in [0.2, 0.25) is 0 Å². The summed E-state index contributed by atoms with van der Waals surface area (Å²) < 4.78 is 61.8. The fourth-order valence-electron chi connectivity index (χ4n) is 8.18. The highest BCUT2D eigenvalue weighted by Crippen LogP contribution is 2.43. The molecule has 320 valence electrons. The lowest BCUT2D eigenvalue weighted by Gasteiger charge is -2.33. The van der Waals surface area contributed by atoms with Crippen LogP contribution in [-0.4, -0.2) is 117 Å². The maximum absolute atomic E-state index is 6.80. The van der Waals surface area contributed by atoms with Crippen molar-refractivity contribution in [1.29, 1.82) is 0 Å². The first-order chi connectivity index (χ1) is 28.7. The highest BCUT2D eigenvalue weighted by Gasteiger charge is 2.33. The fourth-order valence-corrected chi connectivity index (χ4v) is 8.40. The van der Waals surface area contributed by atoms with Crippen LogP contribution in [0.25, 0.3) is 0 Å². The summed E-state index contributed by atoms with van der Waals surface area (Å²) in [5, 5.41) is 0. The minimum absolute atomic E-state index is 0.111. The Balaban J connectivity index is 1.42. The first-order valence-electron chi connectivity index (χ1n) is 21.1. The summed E-state index contributed by atoms with van der Waals surface area (Å²) in [4.78, 5) is 0. The van der Waals surface area contributed by atoms with Crippen molar-refractivity contribution in [2.45, 2.75) is 44.9 Å². The molecule has 3 atom stereocenters. The Kier molecular flexibility index (Phi) is 19.9. The summed E-state index contributed by atoms with van der Waals surface area (Å²) in [5.41, 5.74) is 5.67. The minimum Gasteiger partial charge on any atom is -0.495 e. The number of hydrogen-bond acceptors (Lipinski definition) is 10. The van der Waals surface area contributed by atoms with Crippen molar-refractivity contribution in [3.8, 4) is 5.75 Å². The molecule has 6 rings (SSSR count). The Bertz CT molecular complexity index is 1600. The van der Waals surface area contributed by atoms with Crippen LogP contribution in [0.1, 0.15) is 43.2 Å². The van der Waals surface area contributed by atoms with Crippen LogP contribution in [0.3, 0.4) is 0 Å². The largest absolute Gasteiger partial charge is 0.495 e. The molecule has 5 aliphatic rings. The number of hydrogen-bond donors (Lipinski definition) is 0. The number of halogens is 2. The highest BCUT2D eigenvalue weighted by atomic mass is 35.5. The molecule has 0 saturated carbocycles. The van der Waals surface area contributed by atoms with E-state index in [0.29, 0.717) is 130 Å². The molecule has 0 fully saturated rings. The number of fused-ring (bicyclic) bond motifs is 1. The quantitative estimate of drug-likeness (QED) is 0.152. The highest BCUT2D eigenvalue weighted by molar-refractivity contribution is 6.18. The third kappa shape index (κ3) is 13.9. The summed E-state index contributed by atoms with van der Waals surface area (Å²) in [5.74, 6) is 5.25. The lowest BCUT2D eigenvalue weighted by atomic mass is 9.78. The molecule has 0 aromatic heterocycles. The van der Waals surface area contributed by atoms with Gasteiger partial charge < -0.3 is 47.4 Å². The van der Waals surface area contributed by atoms with Gasteiger partial charge in [-0.05, 0) is 60.0 Å². The number of benzene rings is 1. The Labute approximate surface area is 355 Å². The lowest BCUT2D eigenvalue weighted by molar-refractivity contribution is -0.0103. The zero-order chi connectivity index (χ0) is 40.0. The van der Waals surface area contributed by atoms with Gasteiger partial charge in [0.05, 0.1) is 79.3 Å². The predicted molar refractivity (Wildman–Crippen MR) is 226 cm³/mol. The molecule has 58 heavy (non-hydrogen) atoms. The Morgan fingerprint density at radius 1 is 0.517 bits per heavy atom. The zero-order valence-electron chi connectivity index (χ0n) is 33.9. The van der Waals surface area contributed by atoms with Crippen LogP contribution in [0.2, 0.25) is 0 Å². The molecule has 1 heterocycles. The standard InChI is InChI=1S/C46H62Cl2O10/c47-13-15-49-23-27-55-43-35-5-1-6-36(43)32-40-10-4-12-42-34-38-8-2-7-37(44(38)56-28-24-50-16-14-48)33-41-11-3-9-39(31-35)45(41)57-29-25-53-21-19-51-17-18-52-20-22-54-26-30-58-46(40)42/h1-5,7,9-11,36,38,42H,6,8,12-34H2/t36-,38-,42-/m1/s1. The van der Waals surface area contributed by atoms with Gasteiger partial charge >= 0.3 is 0 Å². The first kappa shape index (κ1) is 44.7. The summed E-state index contributed by atoms with van der Waals surface area (Å²) >= 11 is 11.8. The number of para-hydroxylation sites is 1. The molecular weight excluding hydrogens is 783 g/mol. The molecule has 1 aromatic carbocycles. The topological polar surface area (TPSA) is 92.3 Å². The second-order valence-electron chi connectivity index (χ2n) is 14.8. The van der Waals surface area contributed by atoms with Crippen LogP contribution in [0, 0.1) is 17.8 Å². The summed E-state index contributed by atoms with van der Waals surface area (Å²) in [7, 11) is 0. The average molecular weight is 846 g/mol. The minimum atomic E-state index is 0.111. The molecule has 10 nitrogen and oxygen atoms in total. The van der Waals surface area contributed by atoms with Gasteiger partial charge in [-0.2, -0.15) is 0 Å². The van der Waals surface area contributed by atoms with Crippen molar-refractivity contribution in [3.63, 3.8) is 0 Å². The van der Waals surface area contributed by atoms with E-state index in [4.69, 9.17) is 70.6 Å². The molecule has 0 unspecified atom stereocenters. The molecule has 0 N–H and O–H groups in total. The summed E-state index contributed by atoms with van der Waals surface area (Å²) in [6.07, 6.45) is 19.2. The van der Waals surface area contributed by atoms with Crippen molar-refractivity contribution < 1.29 is 47.4 Å². The van der Waals surface area contributed by atoms with Gasteiger partial charge in [-0.25, -0.2) is 0 Å². The van der Waals surface area contributed by atoms with E-state index in [2.05, 4.69) is 54.7 Å². The molecule has 1 aromatic rings. The van der Waals surface area contributed by atoms with Gasteiger partial charge in [-0.3, -0.25) is 0 Å². The SMILES string of the molecule is ClCCOCCOC1=C2C=CC[C@@H]1CC1=C3OCCOCCOCCOCCOCCOc4c(cccc4CC4=C(OCCOCCCl)[C@H](CC=C4)C[C@H]3CC=C1)C2. The van der Waals surface area contributed by atoms with Crippen LogP contribution in [-0.2, 0) is 55.5 Å². The van der Waals surface area contributed by atoms with Gasteiger partial charge in [0.25, 0.3) is 0 Å². The summed E-state index contributed by atoms with van der Waals surface area (Å²) in [6.45, 7) is 7.48. The van der Waals surface area contributed by atoms with E-state index < -0.39 is 0 Å². The molecule has 1 aliphatic heterocycles. The second kappa shape index (κ2) is 25.7. The van der Waals surface area contributed by atoms with Crippen molar-refractivity contribution in [3.05, 3.63) is 99.8 Å². The third-order valence-electron chi connectivity index (χ3n) is 10.7. The van der Waals surface area contributed by atoms with Gasteiger partial charge in [0, 0.05) is 42.4 Å². The number of allylic oxidation sites excluding steroid dienone is 12. The Morgan fingerprint density at radius 2 is 1.00 bits per heavy atom. The Morgan fingerprint density at radius 3 is 1.57 bits per heavy atom. The van der Waals surface area contributed by atoms with E-state index in [1.807, 2.05) is 0 Å². The van der Waals surface area contributed by atoms with E-state index in [0.717, 1.165) is 77.4 Å². The number of rotatable bonds is 12. The smallest absolute Gasteiger partial charge is 0.126 e. The normalized spacial score (nSPS) is 24.0. The Hall–Kier alpha value is -2.80. The van der Waals surface area contributed by atoms with Crippen molar-refractivity contribution >= 4 is 23.2 Å². The predicted octanol–water partition coefficient (Wildman–Crippen LogP) is 8.08. The van der Waals surface area contributed by atoms with Crippen molar-refractivity contribution in [2.75, 3.05) is 117 Å². The molecule has 0 amide bonds. The van der Waals surface area contributed by atoms with Crippen LogP contribution in [0.4, 0.5) is 0 Å².